The van der Waals surface area contributed by atoms with Crippen LogP contribution in [0.4, 0.5) is 11.4 Å². The third kappa shape index (κ3) is 3.65. The highest BCUT2D eigenvalue weighted by Crippen LogP contribution is 2.40. The Morgan fingerprint density at radius 2 is 1.73 bits per heavy atom. The molecule has 1 amide bonds. The average Bonchev–Trinajstić information content (AvgIpc) is 2.78. The molecule has 3 aromatic carbocycles. The number of methoxy groups -OCH3 is 1. The minimum absolute atomic E-state index is 0.156. The van der Waals surface area contributed by atoms with Gasteiger partial charge in [0.15, 0.2) is 0 Å². The number of carboxylic acids is 1. The molecule has 0 radical (unpaired) electrons. The van der Waals surface area contributed by atoms with Crippen molar-refractivity contribution in [3.63, 3.8) is 0 Å². The number of amides is 1. The summed E-state index contributed by atoms with van der Waals surface area (Å²) in [5.41, 5.74) is 2.73. The normalized spacial score (nSPS) is 15.2. The summed E-state index contributed by atoms with van der Waals surface area (Å²) in [5.74, 6) is -0.478. The molecule has 0 bridgehead atoms. The van der Waals surface area contributed by atoms with Crippen LogP contribution in [0.15, 0.2) is 72.8 Å². The van der Waals surface area contributed by atoms with E-state index in [1.54, 1.807) is 48.4 Å². The molecule has 0 saturated carbocycles. The van der Waals surface area contributed by atoms with Crippen LogP contribution in [0.3, 0.4) is 0 Å². The Hall–Kier alpha value is -4.00. The van der Waals surface area contributed by atoms with Crippen LogP contribution in [0.2, 0.25) is 0 Å². The zero-order valence-electron chi connectivity index (χ0n) is 16.2. The van der Waals surface area contributed by atoms with Crippen LogP contribution in [0, 0.1) is 0 Å². The first-order chi connectivity index (χ1) is 14.6. The van der Waals surface area contributed by atoms with E-state index >= 15 is 0 Å². The fourth-order valence-electron chi connectivity index (χ4n) is 3.45. The second kappa shape index (κ2) is 8.16. The minimum atomic E-state index is -1.29. The largest absolute Gasteiger partial charge is 0.546 e. The second-order valence-electron chi connectivity index (χ2n) is 6.67. The van der Waals surface area contributed by atoms with E-state index in [0.717, 1.165) is 11.3 Å². The summed E-state index contributed by atoms with van der Waals surface area (Å²) in [7, 11) is 1.56. The summed E-state index contributed by atoms with van der Waals surface area (Å²) in [6, 6.07) is 21.5. The number of hydrogen-bond donors (Lipinski definition) is 1. The van der Waals surface area contributed by atoms with Crippen molar-refractivity contribution in [2.45, 2.75) is 6.17 Å². The van der Waals surface area contributed by atoms with E-state index in [4.69, 9.17) is 9.47 Å². The van der Waals surface area contributed by atoms with E-state index in [1.807, 2.05) is 36.4 Å². The number of carboxylic acid groups (broad SMARTS) is 1. The molecule has 0 spiro atoms. The second-order valence-corrected chi connectivity index (χ2v) is 6.67. The molecule has 1 aliphatic heterocycles. The molecule has 7 nitrogen and oxygen atoms in total. The van der Waals surface area contributed by atoms with E-state index in [2.05, 4.69) is 5.32 Å². The third-order valence-electron chi connectivity index (χ3n) is 4.82. The fourth-order valence-corrected chi connectivity index (χ4v) is 3.45. The van der Waals surface area contributed by atoms with Crippen molar-refractivity contribution in [2.24, 2.45) is 0 Å². The van der Waals surface area contributed by atoms with Crippen molar-refractivity contribution < 1.29 is 24.2 Å². The number of aliphatic carboxylic acids is 1. The molecule has 30 heavy (non-hydrogen) atoms. The first-order valence-corrected chi connectivity index (χ1v) is 9.33. The zero-order chi connectivity index (χ0) is 21.1. The van der Waals surface area contributed by atoms with Gasteiger partial charge in [-0.2, -0.15) is 0 Å². The number of hydrogen-bond acceptors (Lipinski definition) is 6. The Bertz CT molecular complexity index is 1080. The van der Waals surface area contributed by atoms with Crippen molar-refractivity contribution in [3.8, 4) is 11.5 Å². The van der Waals surface area contributed by atoms with Crippen LogP contribution in [-0.2, 0) is 4.79 Å². The lowest BCUT2D eigenvalue weighted by molar-refractivity contribution is -0.307. The Morgan fingerprint density at radius 1 is 1.03 bits per heavy atom. The Morgan fingerprint density at radius 3 is 2.47 bits per heavy atom. The van der Waals surface area contributed by atoms with Gasteiger partial charge in [0.1, 0.15) is 24.3 Å². The molecule has 0 aromatic heterocycles. The smallest absolute Gasteiger partial charge is 0.262 e. The number of ether oxygens (including phenoxy) is 2. The predicted octanol–water partition coefficient (Wildman–Crippen LogP) is 2.60. The summed E-state index contributed by atoms with van der Waals surface area (Å²) in [5, 5.41) is 14.0. The predicted molar refractivity (Wildman–Crippen MR) is 110 cm³/mol. The molecular formula is C23H19N2O5-. The number of carbonyl (C=O) groups excluding carboxylic acids is 2. The summed E-state index contributed by atoms with van der Waals surface area (Å²) >= 11 is 0. The Balaban J connectivity index is 1.75. The van der Waals surface area contributed by atoms with Crippen LogP contribution in [0.1, 0.15) is 22.1 Å². The molecule has 0 unspecified atom stereocenters. The number of rotatable bonds is 6. The highest BCUT2D eigenvalue weighted by atomic mass is 16.5. The summed E-state index contributed by atoms with van der Waals surface area (Å²) in [6.07, 6.45) is -0.501. The van der Waals surface area contributed by atoms with Gasteiger partial charge in [0.2, 0.25) is 0 Å². The maximum absolute atomic E-state index is 13.4. The molecule has 0 fully saturated rings. The average molecular weight is 403 g/mol. The number of benzene rings is 3. The van der Waals surface area contributed by atoms with Gasteiger partial charge in [-0.05, 0) is 42.0 Å². The van der Waals surface area contributed by atoms with Crippen LogP contribution in [0.5, 0.6) is 11.5 Å². The topological polar surface area (TPSA) is 90.9 Å². The Labute approximate surface area is 173 Å². The number of nitrogens with one attached hydrogen (secondary N) is 1. The van der Waals surface area contributed by atoms with Crippen LogP contribution in [-0.4, -0.2) is 25.6 Å². The van der Waals surface area contributed by atoms with Gasteiger partial charge < -0.3 is 24.7 Å². The van der Waals surface area contributed by atoms with E-state index in [-0.39, 0.29) is 5.91 Å². The van der Waals surface area contributed by atoms with Gasteiger partial charge in [-0.1, -0.05) is 36.4 Å². The van der Waals surface area contributed by atoms with Crippen molar-refractivity contribution >= 4 is 23.3 Å². The van der Waals surface area contributed by atoms with Crippen LogP contribution < -0.4 is 24.8 Å². The maximum Gasteiger partial charge on any atom is 0.262 e. The molecule has 0 saturated heterocycles. The maximum atomic E-state index is 13.4. The number of carbonyl (C=O) groups is 2. The van der Waals surface area contributed by atoms with Crippen LogP contribution >= 0.6 is 0 Å². The molecule has 1 atom stereocenters. The molecule has 1 aliphatic rings. The van der Waals surface area contributed by atoms with Crippen molar-refractivity contribution in [1.82, 2.24) is 0 Å². The van der Waals surface area contributed by atoms with Crippen LogP contribution in [0.25, 0.3) is 0 Å². The number of nitrogens with zero attached hydrogens (tertiary/aromatic N) is 1. The third-order valence-corrected chi connectivity index (χ3v) is 4.82. The molecule has 1 heterocycles. The number of fused-ring (bicyclic) bond motifs is 1. The highest BCUT2D eigenvalue weighted by Gasteiger charge is 2.35. The summed E-state index contributed by atoms with van der Waals surface area (Å²) in [4.78, 5) is 25.7. The molecule has 152 valence electrons. The fraction of sp³-hybridized carbons (Fsp3) is 0.130. The van der Waals surface area contributed by atoms with Gasteiger partial charge in [0.25, 0.3) is 5.91 Å². The monoisotopic (exact) mass is 403 g/mol. The van der Waals surface area contributed by atoms with Gasteiger partial charge in [0, 0.05) is 5.69 Å². The first-order valence-electron chi connectivity index (χ1n) is 9.33. The Kier molecular flexibility index (Phi) is 5.26. The van der Waals surface area contributed by atoms with Gasteiger partial charge >= 0.3 is 0 Å². The molecular weight excluding hydrogens is 384 g/mol. The SMILES string of the molecule is COc1ccccc1N1C(=O)c2ccccc2N[C@@H]1c1ccc(OCC(=O)[O-])cc1. The molecule has 1 N–H and O–H groups in total. The van der Waals surface area contributed by atoms with Crippen molar-refractivity contribution in [1.29, 1.82) is 0 Å². The molecule has 0 aliphatic carbocycles. The molecule has 3 aromatic rings. The van der Waals surface area contributed by atoms with Crippen molar-refractivity contribution in [2.75, 3.05) is 23.9 Å². The lowest BCUT2D eigenvalue weighted by Gasteiger charge is -2.38. The lowest BCUT2D eigenvalue weighted by Crippen LogP contribution is -2.43. The van der Waals surface area contributed by atoms with Crippen molar-refractivity contribution in [3.05, 3.63) is 83.9 Å². The molecule has 4 rings (SSSR count). The standard InChI is InChI=1S/C23H20N2O5/c1-29-20-9-5-4-8-19(20)25-22(24-18-7-3-2-6-17(18)23(25)28)15-10-12-16(13-11-15)30-14-21(26)27/h2-13,22,24H,14H2,1H3,(H,26,27)/p-1/t22-/m0/s1. The highest BCUT2D eigenvalue weighted by molar-refractivity contribution is 6.12. The van der Waals surface area contributed by atoms with Gasteiger partial charge in [-0.15, -0.1) is 0 Å². The number of para-hydroxylation sites is 3. The van der Waals surface area contributed by atoms with Gasteiger partial charge in [0.05, 0.1) is 24.3 Å². The summed E-state index contributed by atoms with van der Waals surface area (Å²) in [6.45, 7) is -0.528. The summed E-state index contributed by atoms with van der Waals surface area (Å²) < 4.78 is 10.6. The minimum Gasteiger partial charge on any atom is -0.546 e. The van der Waals surface area contributed by atoms with Gasteiger partial charge in [-0.25, -0.2) is 0 Å². The zero-order valence-corrected chi connectivity index (χ0v) is 16.2. The van der Waals surface area contributed by atoms with E-state index in [0.29, 0.717) is 22.7 Å². The van der Waals surface area contributed by atoms with E-state index < -0.39 is 18.7 Å². The molecule has 7 heteroatoms. The number of anilines is 2. The van der Waals surface area contributed by atoms with E-state index in [1.165, 1.54) is 0 Å². The van der Waals surface area contributed by atoms with Gasteiger partial charge in [-0.3, -0.25) is 9.69 Å². The quantitative estimate of drug-likeness (QED) is 0.680. The first kappa shape index (κ1) is 19.3. The lowest BCUT2D eigenvalue weighted by atomic mass is 10.0. The van der Waals surface area contributed by atoms with E-state index in [9.17, 15) is 14.7 Å².